The molecule has 0 saturated heterocycles. The molecule has 0 radical (unpaired) electrons. The maximum absolute atomic E-state index is 5.43. The summed E-state index contributed by atoms with van der Waals surface area (Å²) in [5.74, 6) is 1.09. The normalized spacial score (nSPS) is 9.58. The number of hydrogen-bond acceptors (Lipinski definition) is 4. The predicted molar refractivity (Wildman–Crippen MR) is 45.2 cm³/mol. The minimum atomic E-state index is 0.452. The van der Waals surface area contributed by atoms with Gasteiger partial charge in [0.05, 0.1) is 14.2 Å². The molecule has 0 unspecified atom stereocenters. The molecule has 0 aromatic carbocycles. The van der Waals surface area contributed by atoms with Gasteiger partial charge in [-0.1, -0.05) is 0 Å². The summed E-state index contributed by atoms with van der Waals surface area (Å²) >= 11 is 0. The van der Waals surface area contributed by atoms with Crippen LogP contribution in [0.4, 0.5) is 0 Å². The van der Waals surface area contributed by atoms with Gasteiger partial charge in [-0.2, -0.15) is 0 Å². The third kappa shape index (κ3) is 1.65. The summed E-state index contributed by atoms with van der Waals surface area (Å²) in [5, 5.41) is 0. The van der Waals surface area contributed by atoms with Gasteiger partial charge in [-0.25, -0.2) is 4.98 Å². The highest BCUT2D eigenvalue weighted by molar-refractivity contribution is 5.36. The van der Waals surface area contributed by atoms with E-state index in [4.69, 9.17) is 15.2 Å². The van der Waals surface area contributed by atoms with Gasteiger partial charge in [-0.15, -0.1) is 0 Å². The van der Waals surface area contributed by atoms with E-state index in [0.29, 0.717) is 18.2 Å². The number of aromatic nitrogens is 1. The molecule has 0 fully saturated rings. The molecule has 0 amide bonds. The zero-order valence-corrected chi connectivity index (χ0v) is 7.20. The second-order valence-electron chi connectivity index (χ2n) is 2.26. The lowest BCUT2D eigenvalue weighted by atomic mass is 10.3. The maximum Gasteiger partial charge on any atom is 0.256 e. The van der Waals surface area contributed by atoms with Crippen molar-refractivity contribution in [2.45, 2.75) is 6.54 Å². The molecule has 1 rings (SSSR count). The quantitative estimate of drug-likeness (QED) is 0.716. The van der Waals surface area contributed by atoms with Crippen LogP contribution < -0.4 is 15.2 Å². The highest BCUT2D eigenvalue weighted by Crippen LogP contribution is 2.23. The van der Waals surface area contributed by atoms with Crippen LogP contribution in [0.3, 0.4) is 0 Å². The van der Waals surface area contributed by atoms with Crippen molar-refractivity contribution in [3.8, 4) is 11.6 Å². The Bertz CT molecular complexity index is 263. The van der Waals surface area contributed by atoms with Gasteiger partial charge < -0.3 is 15.2 Å². The fourth-order valence-corrected chi connectivity index (χ4v) is 0.884. The molecular formula is C8H12N2O2. The molecular weight excluding hydrogens is 156 g/mol. The smallest absolute Gasteiger partial charge is 0.256 e. The van der Waals surface area contributed by atoms with Crippen molar-refractivity contribution in [2.75, 3.05) is 14.2 Å². The van der Waals surface area contributed by atoms with Crippen LogP contribution >= 0.6 is 0 Å². The van der Waals surface area contributed by atoms with E-state index in [0.717, 1.165) is 5.56 Å². The van der Waals surface area contributed by atoms with E-state index in [-0.39, 0.29) is 0 Å². The largest absolute Gasteiger partial charge is 0.491 e. The fraction of sp³-hybridized carbons (Fsp3) is 0.375. The third-order valence-corrected chi connectivity index (χ3v) is 1.52. The number of nitrogens with zero attached hydrogens (tertiary/aromatic N) is 1. The molecule has 0 aliphatic heterocycles. The summed E-state index contributed by atoms with van der Waals surface area (Å²) in [6.07, 6.45) is 1.67. The highest BCUT2D eigenvalue weighted by atomic mass is 16.5. The van der Waals surface area contributed by atoms with E-state index >= 15 is 0 Å². The van der Waals surface area contributed by atoms with E-state index in [9.17, 15) is 0 Å². The van der Waals surface area contributed by atoms with Gasteiger partial charge in [0.2, 0.25) is 0 Å². The predicted octanol–water partition coefficient (Wildman–Crippen LogP) is 0.558. The molecule has 0 bridgehead atoms. The Kier molecular flexibility index (Phi) is 2.88. The van der Waals surface area contributed by atoms with Crippen molar-refractivity contribution in [3.63, 3.8) is 0 Å². The number of hydrogen-bond donors (Lipinski definition) is 1. The minimum absolute atomic E-state index is 0.452. The maximum atomic E-state index is 5.43. The van der Waals surface area contributed by atoms with Crippen molar-refractivity contribution >= 4 is 0 Å². The van der Waals surface area contributed by atoms with Crippen molar-refractivity contribution in [1.82, 2.24) is 4.98 Å². The van der Waals surface area contributed by atoms with E-state index in [1.54, 1.807) is 20.4 Å². The van der Waals surface area contributed by atoms with Crippen LogP contribution in [-0.2, 0) is 6.54 Å². The molecule has 0 spiro atoms. The van der Waals surface area contributed by atoms with Gasteiger partial charge >= 0.3 is 0 Å². The second-order valence-corrected chi connectivity index (χ2v) is 2.26. The van der Waals surface area contributed by atoms with Gasteiger partial charge in [0.25, 0.3) is 5.88 Å². The Morgan fingerprint density at radius 2 is 2.17 bits per heavy atom. The van der Waals surface area contributed by atoms with E-state index in [2.05, 4.69) is 4.98 Å². The van der Waals surface area contributed by atoms with Crippen LogP contribution in [0.15, 0.2) is 12.3 Å². The lowest BCUT2D eigenvalue weighted by Crippen LogP contribution is -2.00. The molecule has 0 saturated carbocycles. The van der Waals surface area contributed by atoms with Crippen LogP contribution in [0.5, 0.6) is 11.6 Å². The lowest BCUT2D eigenvalue weighted by Gasteiger charge is -2.06. The average molecular weight is 168 g/mol. The first kappa shape index (κ1) is 8.80. The van der Waals surface area contributed by atoms with Crippen LogP contribution in [0, 0.1) is 0 Å². The SMILES string of the molecule is COc1cc(CN)cnc1OC. The van der Waals surface area contributed by atoms with E-state index in [1.807, 2.05) is 6.07 Å². The van der Waals surface area contributed by atoms with Gasteiger partial charge in [-0.05, 0) is 11.6 Å². The van der Waals surface area contributed by atoms with E-state index in [1.165, 1.54) is 0 Å². The molecule has 0 atom stereocenters. The van der Waals surface area contributed by atoms with Gasteiger partial charge in [0, 0.05) is 12.7 Å². The summed E-state index contributed by atoms with van der Waals surface area (Å²) in [7, 11) is 3.12. The monoisotopic (exact) mass is 168 g/mol. The minimum Gasteiger partial charge on any atom is -0.491 e. The van der Waals surface area contributed by atoms with Crippen molar-refractivity contribution < 1.29 is 9.47 Å². The van der Waals surface area contributed by atoms with Crippen LogP contribution in [0.25, 0.3) is 0 Å². The molecule has 4 heteroatoms. The Balaban J connectivity index is 3.02. The van der Waals surface area contributed by atoms with Crippen LogP contribution in [-0.4, -0.2) is 19.2 Å². The molecule has 1 heterocycles. The molecule has 66 valence electrons. The molecule has 1 aromatic heterocycles. The van der Waals surface area contributed by atoms with Crippen molar-refractivity contribution in [2.24, 2.45) is 5.73 Å². The van der Waals surface area contributed by atoms with E-state index < -0.39 is 0 Å². The summed E-state index contributed by atoms with van der Waals surface area (Å²) in [5.41, 5.74) is 6.35. The zero-order chi connectivity index (χ0) is 8.97. The number of methoxy groups -OCH3 is 2. The third-order valence-electron chi connectivity index (χ3n) is 1.52. The molecule has 0 aliphatic carbocycles. The fourth-order valence-electron chi connectivity index (χ4n) is 0.884. The standard InChI is InChI=1S/C8H12N2O2/c1-11-7-3-6(4-9)5-10-8(7)12-2/h3,5H,4,9H2,1-2H3. The van der Waals surface area contributed by atoms with Crippen LogP contribution in [0.1, 0.15) is 5.56 Å². The second kappa shape index (κ2) is 3.92. The first-order valence-corrected chi connectivity index (χ1v) is 3.58. The first-order chi connectivity index (χ1) is 5.81. The van der Waals surface area contributed by atoms with Gasteiger partial charge in [-0.3, -0.25) is 0 Å². The average Bonchev–Trinajstić information content (AvgIpc) is 2.16. The molecule has 1 aromatic rings. The topological polar surface area (TPSA) is 57.4 Å². The number of nitrogens with two attached hydrogens (primary N) is 1. The summed E-state index contributed by atoms with van der Waals surface area (Å²) in [4.78, 5) is 4.01. The number of ether oxygens (including phenoxy) is 2. The molecule has 12 heavy (non-hydrogen) atoms. The van der Waals surface area contributed by atoms with Gasteiger partial charge in [0.1, 0.15) is 0 Å². The zero-order valence-electron chi connectivity index (χ0n) is 7.20. The van der Waals surface area contributed by atoms with Crippen LogP contribution in [0.2, 0.25) is 0 Å². The first-order valence-electron chi connectivity index (χ1n) is 3.58. The summed E-state index contributed by atoms with van der Waals surface area (Å²) in [6.45, 7) is 0.452. The highest BCUT2D eigenvalue weighted by Gasteiger charge is 2.04. The Labute approximate surface area is 71.3 Å². The van der Waals surface area contributed by atoms with Crippen molar-refractivity contribution in [3.05, 3.63) is 17.8 Å². The molecule has 2 N–H and O–H groups in total. The summed E-state index contributed by atoms with van der Waals surface area (Å²) in [6, 6.07) is 1.81. The molecule has 0 aliphatic rings. The van der Waals surface area contributed by atoms with Crippen molar-refractivity contribution in [1.29, 1.82) is 0 Å². The number of pyridine rings is 1. The Morgan fingerprint density at radius 3 is 2.67 bits per heavy atom. The number of rotatable bonds is 3. The Hall–Kier alpha value is -1.29. The molecule has 4 nitrogen and oxygen atoms in total. The summed E-state index contributed by atoms with van der Waals surface area (Å²) < 4.78 is 9.99. The Morgan fingerprint density at radius 1 is 1.42 bits per heavy atom. The van der Waals surface area contributed by atoms with Gasteiger partial charge in [0.15, 0.2) is 5.75 Å². The lowest BCUT2D eigenvalue weighted by molar-refractivity contribution is 0.342.